The van der Waals surface area contributed by atoms with Gasteiger partial charge in [-0.25, -0.2) is 14.8 Å². The minimum atomic E-state index is -0.336. The Bertz CT molecular complexity index is 405. The molecular formula is C13H21N3O2. The molecule has 5 nitrogen and oxygen atoms in total. The number of rotatable bonds is 6. The summed E-state index contributed by atoms with van der Waals surface area (Å²) in [7, 11) is 3.92. The predicted molar refractivity (Wildman–Crippen MR) is 69.4 cm³/mol. The van der Waals surface area contributed by atoms with Crippen molar-refractivity contribution in [1.29, 1.82) is 0 Å². The van der Waals surface area contributed by atoms with Crippen molar-refractivity contribution >= 4 is 5.97 Å². The summed E-state index contributed by atoms with van der Waals surface area (Å²) in [4.78, 5) is 22.4. The first-order valence-electron chi connectivity index (χ1n) is 6.25. The first-order valence-corrected chi connectivity index (χ1v) is 6.25. The van der Waals surface area contributed by atoms with Crippen molar-refractivity contribution in [2.45, 2.75) is 33.2 Å². The monoisotopic (exact) mass is 251 g/mol. The molecule has 0 saturated heterocycles. The van der Waals surface area contributed by atoms with Crippen LogP contribution in [0.15, 0.2) is 6.20 Å². The van der Waals surface area contributed by atoms with E-state index in [9.17, 15) is 4.79 Å². The van der Waals surface area contributed by atoms with Gasteiger partial charge in [-0.2, -0.15) is 0 Å². The van der Waals surface area contributed by atoms with Crippen LogP contribution in [0.2, 0.25) is 0 Å². The van der Waals surface area contributed by atoms with Crippen molar-refractivity contribution < 1.29 is 9.53 Å². The number of hydrogen-bond acceptors (Lipinski definition) is 5. The van der Waals surface area contributed by atoms with E-state index in [1.54, 1.807) is 13.1 Å². The summed E-state index contributed by atoms with van der Waals surface area (Å²) >= 11 is 0. The van der Waals surface area contributed by atoms with E-state index in [1.165, 1.54) is 0 Å². The average molecular weight is 251 g/mol. The van der Waals surface area contributed by atoms with Gasteiger partial charge in [-0.3, -0.25) is 0 Å². The Morgan fingerprint density at radius 3 is 2.67 bits per heavy atom. The SMILES string of the molecule is CCCc1nc(CN(C)C)ncc1C(=O)OCC. The van der Waals surface area contributed by atoms with Gasteiger partial charge in [0.1, 0.15) is 5.82 Å². The van der Waals surface area contributed by atoms with E-state index in [4.69, 9.17) is 4.74 Å². The van der Waals surface area contributed by atoms with Gasteiger partial charge in [-0.05, 0) is 27.4 Å². The van der Waals surface area contributed by atoms with Crippen molar-refractivity contribution in [2.24, 2.45) is 0 Å². The van der Waals surface area contributed by atoms with Crippen molar-refractivity contribution in [3.05, 3.63) is 23.3 Å². The van der Waals surface area contributed by atoms with Crippen LogP contribution >= 0.6 is 0 Å². The molecule has 0 N–H and O–H groups in total. The molecule has 0 spiro atoms. The molecule has 0 bridgehead atoms. The van der Waals surface area contributed by atoms with Gasteiger partial charge in [0, 0.05) is 6.20 Å². The van der Waals surface area contributed by atoms with E-state index >= 15 is 0 Å². The van der Waals surface area contributed by atoms with Crippen molar-refractivity contribution in [1.82, 2.24) is 14.9 Å². The lowest BCUT2D eigenvalue weighted by Crippen LogP contribution is -2.17. The number of ether oxygens (including phenoxy) is 1. The van der Waals surface area contributed by atoms with E-state index in [-0.39, 0.29) is 5.97 Å². The van der Waals surface area contributed by atoms with Crippen LogP contribution in [0.25, 0.3) is 0 Å². The predicted octanol–water partition coefficient (Wildman–Crippen LogP) is 1.67. The second kappa shape index (κ2) is 7.06. The Balaban J connectivity index is 2.99. The molecule has 100 valence electrons. The Kier molecular flexibility index (Phi) is 5.71. The lowest BCUT2D eigenvalue weighted by atomic mass is 10.1. The molecule has 0 aliphatic heterocycles. The standard InChI is InChI=1S/C13H21N3O2/c1-5-7-11-10(13(17)18-6-2)8-14-12(15-11)9-16(3)4/h8H,5-7,9H2,1-4H3. The molecule has 0 aliphatic rings. The van der Waals surface area contributed by atoms with Crippen LogP contribution in [-0.2, 0) is 17.7 Å². The third-order valence-electron chi connectivity index (χ3n) is 2.36. The second-order valence-corrected chi connectivity index (χ2v) is 4.35. The van der Waals surface area contributed by atoms with Crippen LogP contribution in [-0.4, -0.2) is 41.5 Å². The molecule has 0 unspecified atom stereocenters. The molecule has 0 amide bonds. The quantitative estimate of drug-likeness (QED) is 0.720. The van der Waals surface area contributed by atoms with Crippen LogP contribution in [0.3, 0.4) is 0 Å². The van der Waals surface area contributed by atoms with Crippen LogP contribution < -0.4 is 0 Å². The van der Waals surface area contributed by atoms with Crippen LogP contribution in [0.1, 0.15) is 42.1 Å². The molecule has 1 aromatic heterocycles. The van der Waals surface area contributed by atoms with E-state index in [2.05, 4.69) is 16.9 Å². The molecule has 0 aromatic carbocycles. The molecule has 1 aromatic rings. The maximum Gasteiger partial charge on any atom is 0.341 e. The molecule has 0 aliphatic carbocycles. The van der Waals surface area contributed by atoms with Crippen molar-refractivity contribution in [3.63, 3.8) is 0 Å². The van der Waals surface area contributed by atoms with Gasteiger partial charge in [-0.1, -0.05) is 13.3 Å². The topological polar surface area (TPSA) is 55.3 Å². The number of nitrogens with zero attached hydrogens (tertiary/aromatic N) is 3. The fourth-order valence-corrected chi connectivity index (χ4v) is 1.62. The third kappa shape index (κ3) is 4.07. The molecule has 0 radical (unpaired) electrons. The molecule has 1 rings (SSSR count). The number of esters is 1. The minimum Gasteiger partial charge on any atom is -0.462 e. The van der Waals surface area contributed by atoms with Gasteiger partial charge in [0.05, 0.1) is 24.4 Å². The van der Waals surface area contributed by atoms with Gasteiger partial charge in [0.2, 0.25) is 0 Å². The molecular weight excluding hydrogens is 230 g/mol. The summed E-state index contributed by atoms with van der Waals surface area (Å²) in [5, 5.41) is 0. The van der Waals surface area contributed by atoms with Gasteiger partial charge in [-0.15, -0.1) is 0 Å². The number of carbonyl (C=O) groups excluding carboxylic acids is 1. The van der Waals surface area contributed by atoms with Crippen LogP contribution in [0.4, 0.5) is 0 Å². The first kappa shape index (κ1) is 14.6. The van der Waals surface area contributed by atoms with Crippen LogP contribution in [0, 0.1) is 0 Å². The Morgan fingerprint density at radius 2 is 2.11 bits per heavy atom. The Morgan fingerprint density at radius 1 is 1.39 bits per heavy atom. The smallest absolute Gasteiger partial charge is 0.341 e. The highest BCUT2D eigenvalue weighted by Gasteiger charge is 2.15. The van der Waals surface area contributed by atoms with Gasteiger partial charge < -0.3 is 9.64 Å². The summed E-state index contributed by atoms with van der Waals surface area (Å²) < 4.78 is 5.01. The Hall–Kier alpha value is -1.49. The van der Waals surface area contributed by atoms with E-state index in [0.29, 0.717) is 18.7 Å². The second-order valence-electron chi connectivity index (χ2n) is 4.35. The first-order chi connectivity index (χ1) is 8.58. The fourth-order valence-electron chi connectivity index (χ4n) is 1.62. The van der Waals surface area contributed by atoms with Gasteiger partial charge in [0.15, 0.2) is 0 Å². The molecule has 0 fully saturated rings. The number of aryl methyl sites for hydroxylation is 1. The minimum absolute atomic E-state index is 0.336. The van der Waals surface area contributed by atoms with Crippen molar-refractivity contribution in [2.75, 3.05) is 20.7 Å². The van der Waals surface area contributed by atoms with Crippen molar-refractivity contribution in [3.8, 4) is 0 Å². The normalized spacial score (nSPS) is 10.7. The van der Waals surface area contributed by atoms with Gasteiger partial charge >= 0.3 is 5.97 Å². The van der Waals surface area contributed by atoms with Crippen LogP contribution in [0.5, 0.6) is 0 Å². The molecule has 5 heteroatoms. The fraction of sp³-hybridized carbons (Fsp3) is 0.615. The zero-order valence-electron chi connectivity index (χ0n) is 11.6. The summed E-state index contributed by atoms with van der Waals surface area (Å²) in [6.45, 7) is 4.88. The average Bonchev–Trinajstić information content (AvgIpc) is 2.29. The maximum atomic E-state index is 11.8. The number of hydrogen-bond donors (Lipinski definition) is 0. The zero-order valence-corrected chi connectivity index (χ0v) is 11.6. The molecule has 0 atom stereocenters. The number of carbonyl (C=O) groups is 1. The zero-order chi connectivity index (χ0) is 13.5. The molecule has 0 saturated carbocycles. The highest BCUT2D eigenvalue weighted by molar-refractivity contribution is 5.90. The van der Waals surface area contributed by atoms with E-state index < -0.39 is 0 Å². The highest BCUT2D eigenvalue weighted by atomic mass is 16.5. The van der Waals surface area contributed by atoms with Gasteiger partial charge in [0.25, 0.3) is 0 Å². The highest BCUT2D eigenvalue weighted by Crippen LogP contribution is 2.10. The lowest BCUT2D eigenvalue weighted by Gasteiger charge is -2.11. The summed E-state index contributed by atoms with van der Waals surface area (Å²) in [6, 6.07) is 0. The van der Waals surface area contributed by atoms with E-state index in [1.807, 2.05) is 19.0 Å². The largest absolute Gasteiger partial charge is 0.462 e. The Labute approximate surface area is 108 Å². The third-order valence-corrected chi connectivity index (χ3v) is 2.36. The molecule has 18 heavy (non-hydrogen) atoms. The summed E-state index contributed by atoms with van der Waals surface area (Å²) in [6.07, 6.45) is 3.27. The lowest BCUT2D eigenvalue weighted by molar-refractivity contribution is 0.0524. The number of aromatic nitrogens is 2. The summed E-state index contributed by atoms with van der Waals surface area (Å²) in [5.41, 5.74) is 1.27. The van der Waals surface area contributed by atoms with E-state index in [0.717, 1.165) is 24.4 Å². The maximum absolute atomic E-state index is 11.8. The molecule has 1 heterocycles. The summed E-state index contributed by atoms with van der Waals surface area (Å²) in [5.74, 6) is 0.397.